The zero-order valence-corrected chi connectivity index (χ0v) is 11.2. The number of nitroso groups, excluding NO2 is 1. The quantitative estimate of drug-likeness (QED) is 0.363. The highest BCUT2D eigenvalue weighted by atomic mass is 31.2. The highest BCUT2D eigenvalue weighted by Crippen LogP contribution is 2.35. The lowest BCUT2D eigenvalue weighted by molar-refractivity contribution is 0.107. The van der Waals surface area contributed by atoms with Crippen LogP contribution in [-0.2, 0) is 9.09 Å². The molecule has 1 fully saturated rings. The summed E-state index contributed by atoms with van der Waals surface area (Å²) in [5.41, 5.74) is 0. The molecule has 0 bridgehead atoms. The van der Waals surface area contributed by atoms with Gasteiger partial charge in [-0.05, 0) is 6.42 Å². The number of hydrogen-bond donors (Lipinski definition) is 2. The molecule has 0 amide bonds. The van der Waals surface area contributed by atoms with Gasteiger partial charge in [-0.3, -0.25) is 9.42 Å². The molecule has 1 heterocycles. The molecule has 0 aromatic heterocycles. The van der Waals surface area contributed by atoms with Crippen LogP contribution in [0.4, 0.5) is 0 Å². The molecule has 9 heteroatoms. The molecule has 0 atom stereocenters. The number of phosphoric acid groups is 1. The van der Waals surface area contributed by atoms with E-state index in [1.807, 2.05) is 0 Å². The second kappa shape index (κ2) is 7.93. The molecule has 18 heavy (non-hydrogen) atoms. The van der Waals surface area contributed by atoms with E-state index in [-0.39, 0.29) is 6.61 Å². The lowest BCUT2D eigenvalue weighted by Gasteiger charge is -2.34. The third kappa shape index (κ3) is 7.15. The number of rotatable bonds is 8. The maximum Gasteiger partial charge on any atom is 0.469 e. The van der Waals surface area contributed by atoms with E-state index >= 15 is 0 Å². The van der Waals surface area contributed by atoms with Crippen molar-refractivity contribution in [2.45, 2.75) is 6.42 Å². The first kappa shape index (κ1) is 15.7. The summed E-state index contributed by atoms with van der Waals surface area (Å²) in [5.74, 6) is 0. The minimum Gasteiger partial charge on any atom is -0.303 e. The van der Waals surface area contributed by atoms with Crippen LogP contribution in [-0.4, -0.2) is 72.0 Å². The van der Waals surface area contributed by atoms with Gasteiger partial charge in [0.05, 0.1) is 13.2 Å². The van der Waals surface area contributed by atoms with Crippen LogP contribution >= 0.6 is 7.82 Å². The first-order valence-corrected chi connectivity index (χ1v) is 7.48. The minimum absolute atomic E-state index is 0.0410. The Balaban J connectivity index is 2.08. The zero-order chi connectivity index (χ0) is 13.4. The molecular weight excluding hydrogens is 261 g/mol. The predicted molar refractivity (Wildman–Crippen MR) is 66.2 cm³/mol. The van der Waals surface area contributed by atoms with Crippen molar-refractivity contribution < 1.29 is 18.9 Å². The molecular formula is C9H20N3O5P. The Hall–Kier alpha value is -0.370. The van der Waals surface area contributed by atoms with Crippen LogP contribution in [0.5, 0.6) is 0 Å². The summed E-state index contributed by atoms with van der Waals surface area (Å²) in [7, 11) is -4.34. The summed E-state index contributed by atoms with van der Waals surface area (Å²) < 4.78 is 14.9. The average Bonchev–Trinajstić information content (AvgIpc) is 2.30. The van der Waals surface area contributed by atoms with E-state index in [2.05, 4.69) is 19.5 Å². The van der Waals surface area contributed by atoms with Gasteiger partial charge in [0.25, 0.3) is 0 Å². The van der Waals surface area contributed by atoms with E-state index in [0.717, 1.165) is 39.1 Å². The van der Waals surface area contributed by atoms with Crippen LogP contribution < -0.4 is 0 Å². The lowest BCUT2D eigenvalue weighted by atomic mass is 10.3. The van der Waals surface area contributed by atoms with Gasteiger partial charge in [0.15, 0.2) is 0 Å². The molecule has 8 nitrogen and oxygen atoms in total. The Morgan fingerprint density at radius 2 is 1.67 bits per heavy atom. The van der Waals surface area contributed by atoms with Crippen molar-refractivity contribution in [1.29, 1.82) is 0 Å². The molecule has 0 spiro atoms. The molecule has 0 aromatic rings. The van der Waals surface area contributed by atoms with Crippen molar-refractivity contribution in [2.75, 3.05) is 52.4 Å². The van der Waals surface area contributed by atoms with E-state index in [1.165, 1.54) is 0 Å². The van der Waals surface area contributed by atoms with Crippen LogP contribution in [0, 0.1) is 4.91 Å². The maximum atomic E-state index is 10.5. The van der Waals surface area contributed by atoms with E-state index in [1.54, 1.807) is 0 Å². The smallest absolute Gasteiger partial charge is 0.303 e. The standard InChI is InChI=1S/C9H20N3O5P/c13-10-2-1-3-11-4-6-12(7-5-11)8-9-17-18(14,15)16/h1-9H2,(H2,14,15,16). The lowest BCUT2D eigenvalue weighted by Crippen LogP contribution is -2.47. The van der Waals surface area contributed by atoms with E-state index in [9.17, 15) is 9.47 Å². The third-order valence-electron chi connectivity index (χ3n) is 2.86. The first-order valence-electron chi connectivity index (χ1n) is 5.95. The minimum atomic E-state index is -4.34. The maximum absolute atomic E-state index is 10.5. The highest BCUT2D eigenvalue weighted by molar-refractivity contribution is 7.46. The Morgan fingerprint density at radius 3 is 2.17 bits per heavy atom. The molecule has 0 saturated carbocycles. The van der Waals surface area contributed by atoms with Crippen molar-refractivity contribution in [1.82, 2.24) is 9.80 Å². The van der Waals surface area contributed by atoms with Crippen LogP contribution in [0.1, 0.15) is 6.42 Å². The van der Waals surface area contributed by atoms with Gasteiger partial charge in [0, 0.05) is 39.3 Å². The number of hydrogen-bond acceptors (Lipinski definition) is 6. The summed E-state index contributed by atoms with van der Waals surface area (Å²) in [6.45, 7) is 5.28. The molecule has 1 aliphatic rings. The van der Waals surface area contributed by atoms with Gasteiger partial charge in [0.1, 0.15) is 0 Å². The van der Waals surface area contributed by atoms with E-state index in [0.29, 0.717) is 13.1 Å². The van der Waals surface area contributed by atoms with Crippen LogP contribution in [0.2, 0.25) is 0 Å². The van der Waals surface area contributed by atoms with Crippen molar-refractivity contribution in [3.63, 3.8) is 0 Å². The van der Waals surface area contributed by atoms with Crippen LogP contribution in [0.15, 0.2) is 5.18 Å². The monoisotopic (exact) mass is 281 g/mol. The summed E-state index contributed by atoms with van der Waals surface area (Å²) in [4.78, 5) is 31.4. The van der Waals surface area contributed by atoms with Gasteiger partial charge >= 0.3 is 7.82 Å². The molecule has 1 aliphatic heterocycles. The molecule has 1 saturated heterocycles. The Morgan fingerprint density at radius 1 is 1.11 bits per heavy atom. The summed E-state index contributed by atoms with van der Waals surface area (Å²) in [6.07, 6.45) is 0.783. The number of piperazine rings is 1. The Bertz CT molecular complexity index is 290. The number of phosphoric ester groups is 1. The first-order chi connectivity index (χ1) is 8.51. The Kier molecular flexibility index (Phi) is 6.91. The van der Waals surface area contributed by atoms with E-state index < -0.39 is 7.82 Å². The molecule has 1 rings (SSSR count). The van der Waals surface area contributed by atoms with Gasteiger partial charge < -0.3 is 14.7 Å². The van der Waals surface area contributed by atoms with Gasteiger partial charge in [0.2, 0.25) is 0 Å². The van der Waals surface area contributed by atoms with E-state index in [4.69, 9.17) is 9.79 Å². The van der Waals surface area contributed by atoms with Crippen molar-refractivity contribution in [3.05, 3.63) is 4.91 Å². The zero-order valence-electron chi connectivity index (χ0n) is 10.3. The van der Waals surface area contributed by atoms with Gasteiger partial charge in [-0.15, -0.1) is 0 Å². The Labute approximate surface area is 106 Å². The highest BCUT2D eigenvalue weighted by Gasteiger charge is 2.18. The summed E-state index contributed by atoms with van der Waals surface area (Å²) in [5, 5.41) is 2.82. The molecule has 0 aliphatic carbocycles. The largest absolute Gasteiger partial charge is 0.469 e. The average molecular weight is 281 g/mol. The topological polar surface area (TPSA) is 103 Å². The molecule has 2 N–H and O–H groups in total. The van der Waals surface area contributed by atoms with Crippen LogP contribution in [0.25, 0.3) is 0 Å². The fourth-order valence-electron chi connectivity index (χ4n) is 1.88. The normalized spacial score (nSPS) is 19.0. The molecule has 106 valence electrons. The molecule has 0 aromatic carbocycles. The van der Waals surface area contributed by atoms with Gasteiger partial charge in [-0.1, -0.05) is 5.18 Å². The predicted octanol–water partition coefficient (Wildman–Crippen LogP) is -0.130. The fraction of sp³-hybridized carbons (Fsp3) is 1.00. The summed E-state index contributed by atoms with van der Waals surface area (Å²) in [6, 6.07) is 0. The SMILES string of the molecule is O=NCCCN1CCN(CCOP(=O)(O)O)CC1. The molecule has 0 unspecified atom stereocenters. The molecule has 0 radical (unpaired) electrons. The second-order valence-corrected chi connectivity index (χ2v) is 5.45. The third-order valence-corrected chi connectivity index (χ3v) is 3.37. The second-order valence-electron chi connectivity index (χ2n) is 4.21. The number of nitrogens with zero attached hydrogens (tertiary/aromatic N) is 3. The van der Waals surface area contributed by atoms with Crippen molar-refractivity contribution in [2.24, 2.45) is 5.18 Å². The fourth-order valence-corrected chi connectivity index (χ4v) is 2.20. The van der Waals surface area contributed by atoms with Gasteiger partial charge in [-0.25, -0.2) is 4.57 Å². The van der Waals surface area contributed by atoms with Gasteiger partial charge in [-0.2, -0.15) is 4.91 Å². The van der Waals surface area contributed by atoms with Crippen LogP contribution in [0.3, 0.4) is 0 Å². The summed E-state index contributed by atoms with van der Waals surface area (Å²) >= 11 is 0. The van der Waals surface area contributed by atoms with Crippen molar-refractivity contribution in [3.8, 4) is 0 Å². The van der Waals surface area contributed by atoms with Crippen molar-refractivity contribution >= 4 is 7.82 Å².